The molecule has 0 amide bonds. The molecule has 2 nitrogen and oxygen atoms in total. The second-order valence-electron chi connectivity index (χ2n) is 5.21. The summed E-state index contributed by atoms with van der Waals surface area (Å²) in [6.07, 6.45) is 4.28. The van der Waals surface area contributed by atoms with Crippen LogP contribution in [-0.4, -0.2) is 12.1 Å². The number of rotatable bonds is 8. The predicted octanol–water partition coefficient (Wildman–Crippen LogP) is 4.35. The summed E-state index contributed by atoms with van der Waals surface area (Å²) < 4.78 is 5.59. The molecule has 2 heteroatoms. The van der Waals surface area contributed by atoms with Crippen molar-refractivity contribution in [2.45, 2.75) is 66.4 Å². The molecule has 0 bridgehead atoms. The lowest BCUT2D eigenvalue weighted by atomic mass is 9.84. The molecule has 0 radical (unpaired) electrons. The predicted molar refractivity (Wildman–Crippen MR) is 72.8 cm³/mol. The van der Waals surface area contributed by atoms with Gasteiger partial charge in [-0.05, 0) is 31.6 Å². The van der Waals surface area contributed by atoms with Crippen molar-refractivity contribution in [1.82, 2.24) is 0 Å². The van der Waals surface area contributed by atoms with Crippen molar-refractivity contribution in [2.75, 3.05) is 0 Å². The summed E-state index contributed by atoms with van der Waals surface area (Å²) in [6, 6.07) is 0. The van der Waals surface area contributed by atoms with Crippen LogP contribution in [0, 0.1) is 11.8 Å². The van der Waals surface area contributed by atoms with Crippen LogP contribution < -0.4 is 0 Å². The number of esters is 1. The van der Waals surface area contributed by atoms with Gasteiger partial charge < -0.3 is 4.74 Å². The van der Waals surface area contributed by atoms with Gasteiger partial charge in [-0.2, -0.15) is 0 Å². The third-order valence-corrected chi connectivity index (χ3v) is 3.14. The molecule has 2 unspecified atom stereocenters. The maximum absolute atomic E-state index is 11.6. The molecular formula is C15H28O2. The Hall–Kier alpha value is -0.790. The van der Waals surface area contributed by atoms with Gasteiger partial charge in [-0.25, -0.2) is 4.79 Å². The lowest BCUT2D eigenvalue weighted by Gasteiger charge is -2.29. The molecule has 0 aliphatic rings. The van der Waals surface area contributed by atoms with Crippen LogP contribution in [0.3, 0.4) is 0 Å². The fourth-order valence-corrected chi connectivity index (χ4v) is 2.16. The van der Waals surface area contributed by atoms with E-state index in [0.717, 1.165) is 25.7 Å². The van der Waals surface area contributed by atoms with Gasteiger partial charge in [0.1, 0.15) is 6.10 Å². The van der Waals surface area contributed by atoms with Gasteiger partial charge in [0.2, 0.25) is 0 Å². The topological polar surface area (TPSA) is 26.3 Å². The monoisotopic (exact) mass is 240 g/mol. The summed E-state index contributed by atoms with van der Waals surface area (Å²) in [5.41, 5.74) is 0.491. The summed E-state index contributed by atoms with van der Waals surface area (Å²) >= 11 is 0. The molecule has 0 N–H and O–H groups in total. The standard InChI is InChI=1S/C15H28O2/c1-7-9-13(11(3)4)14(10-8-2)17-15(16)12(5)6/h11,13-14H,5,7-10H2,1-4,6H3. The van der Waals surface area contributed by atoms with Gasteiger partial charge in [0, 0.05) is 5.57 Å². The van der Waals surface area contributed by atoms with Crippen LogP contribution >= 0.6 is 0 Å². The smallest absolute Gasteiger partial charge is 0.333 e. The fourth-order valence-electron chi connectivity index (χ4n) is 2.16. The zero-order chi connectivity index (χ0) is 13.4. The molecule has 17 heavy (non-hydrogen) atoms. The van der Waals surface area contributed by atoms with Crippen LogP contribution in [0.5, 0.6) is 0 Å². The molecule has 0 rings (SSSR count). The van der Waals surface area contributed by atoms with E-state index in [2.05, 4.69) is 34.3 Å². The van der Waals surface area contributed by atoms with Crippen molar-refractivity contribution in [3.05, 3.63) is 12.2 Å². The highest BCUT2D eigenvalue weighted by Gasteiger charge is 2.26. The molecule has 0 spiro atoms. The van der Waals surface area contributed by atoms with E-state index in [1.165, 1.54) is 0 Å². The Balaban J connectivity index is 4.66. The number of carbonyl (C=O) groups excluding carboxylic acids is 1. The van der Waals surface area contributed by atoms with E-state index in [-0.39, 0.29) is 12.1 Å². The first kappa shape index (κ1) is 16.2. The minimum Gasteiger partial charge on any atom is -0.459 e. The van der Waals surface area contributed by atoms with Crippen molar-refractivity contribution >= 4 is 5.97 Å². The van der Waals surface area contributed by atoms with E-state index in [1.54, 1.807) is 6.92 Å². The first-order valence-electron chi connectivity index (χ1n) is 6.80. The summed E-state index contributed by atoms with van der Waals surface area (Å²) in [5.74, 6) is 0.762. The van der Waals surface area contributed by atoms with E-state index in [9.17, 15) is 4.79 Å². The molecule has 0 fully saturated rings. The largest absolute Gasteiger partial charge is 0.459 e. The molecule has 0 aromatic carbocycles. The molecule has 0 aromatic rings. The van der Waals surface area contributed by atoms with E-state index in [0.29, 0.717) is 17.4 Å². The van der Waals surface area contributed by atoms with Gasteiger partial charge in [-0.1, -0.05) is 47.1 Å². The zero-order valence-corrected chi connectivity index (χ0v) is 12.1. The Bertz CT molecular complexity index is 243. The molecule has 0 saturated heterocycles. The van der Waals surface area contributed by atoms with Crippen LogP contribution in [0.2, 0.25) is 0 Å². The number of hydrogen-bond donors (Lipinski definition) is 0. The first-order valence-corrected chi connectivity index (χ1v) is 6.80. The number of hydrogen-bond acceptors (Lipinski definition) is 2. The van der Waals surface area contributed by atoms with Crippen molar-refractivity contribution in [3.63, 3.8) is 0 Å². The van der Waals surface area contributed by atoms with E-state index < -0.39 is 0 Å². The Morgan fingerprint density at radius 3 is 2.06 bits per heavy atom. The lowest BCUT2D eigenvalue weighted by molar-refractivity contribution is -0.148. The average molecular weight is 240 g/mol. The van der Waals surface area contributed by atoms with Gasteiger partial charge in [-0.3, -0.25) is 0 Å². The minimum absolute atomic E-state index is 0.0455. The maximum atomic E-state index is 11.6. The van der Waals surface area contributed by atoms with E-state index in [1.807, 2.05) is 0 Å². The summed E-state index contributed by atoms with van der Waals surface area (Å²) in [6.45, 7) is 14.1. The fraction of sp³-hybridized carbons (Fsp3) is 0.800. The quantitative estimate of drug-likeness (QED) is 0.466. The second-order valence-corrected chi connectivity index (χ2v) is 5.21. The summed E-state index contributed by atoms with van der Waals surface area (Å²) in [4.78, 5) is 11.6. The lowest BCUT2D eigenvalue weighted by Crippen LogP contribution is -2.30. The minimum atomic E-state index is -0.245. The Labute approximate surface area is 106 Å². The molecule has 100 valence electrons. The molecule has 0 saturated carbocycles. The van der Waals surface area contributed by atoms with Crippen LogP contribution in [-0.2, 0) is 9.53 Å². The summed E-state index contributed by atoms with van der Waals surface area (Å²) in [5, 5.41) is 0. The first-order chi connectivity index (χ1) is 7.93. The van der Waals surface area contributed by atoms with Crippen molar-refractivity contribution < 1.29 is 9.53 Å². The number of ether oxygens (including phenoxy) is 1. The molecule has 0 heterocycles. The van der Waals surface area contributed by atoms with Gasteiger partial charge in [0.05, 0.1) is 0 Å². The van der Waals surface area contributed by atoms with E-state index >= 15 is 0 Å². The average Bonchev–Trinajstić information content (AvgIpc) is 2.24. The van der Waals surface area contributed by atoms with Crippen molar-refractivity contribution in [2.24, 2.45) is 11.8 Å². The van der Waals surface area contributed by atoms with Gasteiger partial charge in [0.25, 0.3) is 0 Å². The van der Waals surface area contributed by atoms with Gasteiger partial charge >= 0.3 is 5.97 Å². The summed E-state index contributed by atoms with van der Waals surface area (Å²) in [7, 11) is 0. The third-order valence-electron chi connectivity index (χ3n) is 3.14. The number of carbonyl (C=O) groups is 1. The molecular weight excluding hydrogens is 212 g/mol. The Morgan fingerprint density at radius 2 is 1.71 bits per heavy atom. The van der Waals surface area contributed by atoms with Crippen LogP contribution in [0.4, 0.5) is 0 Å². The zero-order valence-electron chi connectivity index (χ0n) is 12.1. The van der Waals surface area contributed by atoms with Crippen molar-refractivity contribution in [3.8, 4) is 0 Å². The SMILES string of the molecule is C=C(C)C(=O)OC(CCC)C(CCC)C(C)C. The Morgan fingerprint density at radius 1 is 1.18 bits per heavy atom. The van der Waals surface area contributed by atoms with Crippen LogP contribution in [0.15, 0.2) is 12.2 Å². The molecule has 2 atom stereocenters. The second kappa shape index (κ2) is 8.32. The maximum Gasteiger partial charge on any atom is 0.333 e. The third kappa shape index (κ3) is 5.90. The highest BCUT2D eigenvalue weighted by molar-refractivity contribution is 5.87. The molecule has 0 aliphatic heterocycles. The normalized spacial score (nSPS) is 14.5. The molecule has 0 aromatic heterocycles. The van der Waals surface area contributed by atoms with Crippen LogP contribution in [0.25, 0.3) is 0 Å². The van der Waals surface area contributed by atoms with Gasteiger partial charge in [-0.15, -0.1) is 0 Å². The Kier molecular flexibility index (Phi) is 7.94. The van der Waals surface area contributed by atoms with E-state index in [4.69, 9.17) is 4.74 Å². The molecule has 0 aliphatic carbocycles. The highest BCUT2D eigenvalue weighted by Crippen LogP contribution is 2.27. The van der Waals surface area contributed by atoms with Crippen LogP contribution in [0.1, 0.15) is 60.3 Å². The highest BCUT2D eigenvalue weighted by atomic mass is 16.5. The van der Waals surface area contributed by atoms with Gasteiger partial charge in [0.15, 0.2) is 0 Å². The van der Waals surface area contributed by atoms with Crippen molar-refractivity contribution in [1.29, 1.82) is 0 Å².